The van der Waals surface area contributed by atoms with Gasteiger partial charge in [-0.2, -0.15) is 4.76 Å². The predicted octanol–water partition coefficient (Wildman–Crippen LogP) is 4.24. The van der Waals surface area contributed by atoms with E-state index in [-0.39, 0.29) is 40.2 Å². The van der Waals surface area contributed by atoms with Crippen molar-refractivity contribution in [3.05, 3.63) is 29.5 Å². The number of aliphatic hydroxyl groups excluding tert-OH is 1. The Morgan fingerprint density at radius 2 is 1.86 bits per heavy atom. The van der Waals surface area contributed by atoms with E-state index in [2.05, 4.69) is 35.6 Å². The molecule has 0 bridgehead atoms. The molecule has 12 heteroatoms. The molecule has 2 aliphatic rings. The number of hydrogen-bond donors (Lipinski definition) is 3. The molecule has 0 aliphatic carbocycles. The van der Waals surface area contributed by atoms with Crippen molar-refractivity contribution in [2.24, 2.45) is 15.6 Å². The Labute approximate surface area is 213 Å². The van der Waals surface area contributed by atoms with Crippen LogP contribution in [0.1, 0.15) is 54.9 Å². The Balaban J connectivity index is 2.10. The summed E-state index contributed by atoms with van der Waals surface area (Å²) >= 11 is 0. The average Bonchev–Trinajstić information content (AvgIpc) is 2.95. The van der Waals surface area contributed by atoms with E-state index < -0.39 is 34.9 Å². The summed E-state index contributed by atoms with van der Waals surface area (Å²) in [5.74, 6) is -0.558. The zero-order chi connectivity index (χ0) is 27.3. The van der Waals surface area contributed by atoms with Gasteiger partial charge in [0.2, 0.25) is 10.0 Å². The van der Waals surface area contributed by atoms with Crippen LogP contribution in [0.2, 0.25) is 0 Å². The second-order valence-corrected chi connectivity index (χ2v) is 15.2. The molecule has 1 unspecified atom stereocenters. The molecule has 2 heterocycles. The molecule has 0 saturated carbocycles. The van der Waals surface area contributed by atoms with Gasteiger partial charge in [0.25, 0.3) is 5.91 Å². The number of amides is 1. The summed E-state index contributed by atoms with van der Waals surface area (Å²) in [4.78, 5) is 15.3. The minimum atomic E-state index is -3.90. The van der Waals surface area contributed by atoms with E-state index in [9.17, 15) is 22.9 Å². The van der Waals surface area contributed by atoms with E-state index in [1.807, 2.05) is 20.8 Å². The summed E-state index contributed by atoms with van der Waals surface area (Å²) in [6.45, 7) is 14.3. The Kier molecular flexibility index (Phi) is 7.45. The quantitative estimate of drug-likeness (QED) is 0.440. The fourth-order valence-corrected chi connectivity index (χ4v) is 6.67. The molecule has 1 aromatic carbocycles. The van der Waals surface area contributed by atoms with E-state index in [0.29, 0.717) is 12.2 Å². The van der Waals surface area contributed by atoms with Crippen LogP contribution in [0, 0.1) is 10.8 Å². The Morgan fingerprint density at radius 3 is 2.39 bits per heavy atom. The molecule has 3 rings (SSSR count). The van der Waals surface area contributed by atoms with Gasteiger partial charge in [-0.3, -0.25) is 14.1 Å². The topological polar surface area (TPSA) is 137 Å². The van der Waals surface area contributed by atoms with E-state index in [1.165, 1.54) is 12.1 Å². The van der Waals surface area contributed by atoms with Crippen molar-refractivity contribution in [3.63, 3.8) is 0 Å². The van der Waals surface area contributed by atoms with Crippen LogP contribution in [0.5, 0.6) is 0 Å². The minimum absolute atomic E-state index is 0.0248. The molecule has 0 saturated heterocycles. The highest BCUT2D eigenvalue weighted by molar-refractivity contribution is 7.92. The van der Waals surface area contributed by atoms with Crippen molar-refractivity contribution in [1.29, 1.82) is 0 Å². The van der Waals surface area contributed by atoms with Crippen LogP contribution in [0.25, 0.3) is 0 Å². The lowest BCUT2D eigenvalue weighted by atomic mass is 9.84. The van der Waals surface area contributed by atoms with Crippen molar-refractivity contribution in [2.45, 2.75) is 60.9 Å². The number of sulfonamides is 1. The fourth-order valence-electron chi connectivity index (χ4n) is 4.31. The smallest absolute Gasteiger partial charge is 0.348 e. The van der Waals surface area contributed by atoms with E-state index in [0.717, 1.165) is 12.7 Å². The number of fused-ring (bicyclic) bond motifs is 1. The number of aliphatic hydroxyl groups is 1. The van der Waals surface area contributed by atoms with E-state index in [1.54, 1.807) is 17.9 Å². The first kappa shape index (κ1) is 28.2. The van der Waals surface area contributed by atoms with Crippen LogP contribution in [-0.2, 0) is 23.9 Å². The largest absolute Gasteiger partial charge is 0.509 e. The van der Waals surface area contributed by atoms with Crippen LogP contribution >= 0.6 is 7.52 Å². The standard InChI is InChI=1S/C24H37N4O6PS/c1-9-34-35(31)17-14-15(27-36(8,32)33)10-11-16(17)25-21(26-35)18-19(29)20(24(5,6)7)28(22(18)30)13-12-23(2,3)4/h10-11,14,20,27,29H,9,12-13H2,1-8H3,(H,25,26,31)/t20-,35?/m0/s1. The van der Waals surface area contributed by atoms with Crippen LogP contribution < -0.4 is 15.3 Å². The zero-order valence-corrected chi connectivity index (χ0v) is 23.9. The van der Waals surface area contributed by atoms with Gasteiger partial charge >= 0.3 is 7.52 Å². The van der Waals surface area contributed by atoms with Crippen LogP contribution in [0.15, 0.2) is 34.3 Å². The molecular weight excluding hydrogens is 503 g/mol. The molecule has 200 valence electrons. The minimum Gasteiger partial charge on any atom is -0.509 e. The highest BCUT2D eigenvalue weighted by Gasteiger charge is 2.48. The first-order valence-corrected chi connectivity index (χ1v) is 15.3. The van der Waals surface area contributed by atoms with Gasteiger partial charge in [-0.15, -0.1) is 0 Å². The SMILES string of the molecule is CCOP1(=O)N=C(C2=C(O)[C@@H](C(C)(C)C)N(CCC(C)(C)C)C2=O)Nc2ccc(NS(C)(=O)=O)cc21. The van der Waals surface area contributed by atoms with Crippen molar-refractivity contribution >= 4 is 46.0 Å². The van der Waals surface area contributed by atoms with E-state index >= 15 is 0 Å². The molecule has 2 atom stereocenters. The molecule has 0 spiro atoms. The van der Waals surface area contributed by atoms with Crippen molar-refractivity contribution in [1.82, 2.24) is 4.90 Å². The summed E-state index contributed by atoms with van der Waals surface area (Å²) in [6, 6.07) is 3.86. The number of nitrogens with zero attached hydrogens (tertiary/aromatic N) is 2. The van der Waals surface area contributed by atoms with Gasteiger partial charge in [-0.05, 0) is 42.4 Å². The highest BCUT2D eigenvalue weighted by atomic mass is 32.2. The first-order valence-electron chi connectivity index (χ1n) is 11.8. The molecule has 1 amide bonds. The van der Waals surface area contributed by atoms with Crippen LogP contribution in [-0.4, -0.2) is 55.6 Å². The Hall–Kier alpha value is -2.36. The van der Waals surface area contributed by atoms with Gasteiger partial charge in [-0.25, -0.2) is 8.42 Å². The van der Waals surface area contributed by atoms with Gasteiger partial charge in [0, 0.05) is 12.2 Å². The molecule has 36 heavy (non-hydrogen) atoms. The maximum atomic E-state index is 13.9. The third-order valence-electron chi connectivity index (χ3n) is 5.86. The molecule has 0 fully saturated rings. The molecule has 3 N–H and O–H groups in total. The lowest BCUT2D eigenvalue weighted by Gasteiger charge is -2.36. The number of nitrogens with one attached hydrogen (secondary N) is 2. The van der Waals surface area contributed by atoms with Crippen LogP contribution in [0.4, 0.5) is 11.4 Å². The molecule has 2 aliphatic heterocycles. The molecule has 0 radical (unpaired) electrons. The van der Waals surface area contributed by atoms with Gasteiger partial charge in [-0.1, -0.05) is 41.5 Å². The number of anilines is 2. The number of rotatable bonds is 7. The maximum Gasteiger partial charge on any atom is 0.348 e. The van der Waals surface area contributed by atoms with Crippen molar-refractivity contribution in [2.75, 3.05) is 29.4 Å². The lowest BCUT2D eigenvalue weighted by Crippen LogP contribution is -2.45. The van der Waals surface area contributed by atoms with Gasteiger partial charge in [0.1, 0.15) is 11.3 Å². The van der Waals surface area contributed by atoms with Gasteiger partial charge in [0.15, 0.2) is 5.84 Å². The van der Waals surface area contributed by atoms with Crippen molar-refractivity contribution < 1.29 is 27.4 Å². The van der Waals surface area contributed by atoms with Crippen LogP contribution in [0.3, 0.4) is 0 Å². The zero-order valence-electron chi connectivity index (χ0n) is 22.2. The highest BCUT2D eigenvalue weighted by Crippen LogP contribution is 2.53. The third kappa shape index (κ3) is 5.95. The summed E-state index contributed by atoms with van der Waals surface area (Å²) in [6.07, 6.45) is 1.74. The van der Waals surface area contributed by atoms with E-state index in [4.69, 9.17) is 4.52 Å². The number of amidine groups is 1. The number of benzene rings is 1. The Morgan fingerprint density at radius 1 is 1.22 bits per heavy atom. The Bertz CT molecular complexity index is 1270. The second kappa shape index (κ2) is 9.50. The van der Waals surface area contributed by atoms with Crippen molar-refractivity contribution in [3.8, 4) is 0 Å². The molecule has 1 aromatic rings. The lowest BCUT2D eigenvalue weighted by molar-refractivity contribution is -0.128. The first-order chi connectivity index (χ1) is 16.4. The monoisotopic (exact) mass is 540 g/mol. The summed E-state index contributed by atoms with van der Waals surface area (Å²) in [7, 11) is -7.47. The molecule has 0 aromatic heterocycles. The molecule has 10 nitrogen and oxygen atoms in total. The summed E-state index contributed by atoms with van der Waals surface area (Å²) < 4.78 is 49.5. The number of carbonyl (C=O) groups excluding carboxylic acids is 1. The second-order valence-electron chi connectivity index (χ2n) is 11.5. The third-order valence-corrected chi connectivity index (χ3v) is 8.51. The average molecular weight is 541 g/mol. The summed E-state index contributed by atoms with van der Waals surface area (Å²) in [5, 5.41) is 14.5. The molecular formula is C24H37N4O6PS. The predicted molar refractivity (Wildman–Crippen MR) is 144 cm³/mol. The fraction of sp³-hybridized carbons (Fsp3) is 0.583. The number of carbonyl (C=O) groups is 1. The maximum absolute atomic E-state index is 13.9. The van der Waals surface area contributed by atoms with Gasteiger partial charge in [0.05, 0.1) is 29.9 Å². The number of hydrogen-bond acceptors (Lipinski definition) is 7. The van der Waals surface area contributed by atoms with Gasteiger partial charge < -0.3 is 19.8 Å². The summed E-state index contributed by atoms with van der Waals surface area (Å²) in [5.41, 5.74) is 0.0275. The normalized spacial score (nSPS) is 22.9.